The van der Waals surface area contributed by atoms with E-state index in [4.69, 9.17) is 9.26 Å². The van der Waals surface area contributed by atoms with E-state index in [0.29, 0.717) is 24.9 Å². The third kappa shape index (κ3) is 5.30. The van der Waals surface area contributed by atoms with Crippen molar-refractivity contribution in [3.63, 3.8) is 0 Å². The lowest BCUT2D eigenvalue weighted by Gasteiger charge is -2.30. The fourth-order valence-electron chi connectivity index (χ4n) is 3.87. The Labute approximate surface area is 182 Å². The van der Waals surface area contributed by atoms with Gasteiger partial charge in [0.1, 0.15) is 5.75 Å². The van der Waals surface area contributed by atoms with E-state index in [0.717, 1.165) is 48.5 Å². The number of hydrogen-bond donors (Lipinski definition) is 1. The molecule has 3 aromatic rings. The van der Waals surface area contributed by atoms with Crippen molar-refractivity contribution in [3.05, 3.63) is 60.0 Å². The highest BCUT2D eigenvalue weighted by Gasteiger charge is 2.26. The van der Waals surface area contributed by atoms with Crippen molar-refractivity contribution in [3.8, 4) is 17.1 Å². The van der Waals surface area contributed by atoms with Gasteiger partial charge in [-0.15, -0.1) is 0 Å². The van der Waals surface area contributed by atoms with Gasteiger partial charge in [-0.2, -0.15) is 4.98 Å². The third-order valence-electron chi connectivity index (χ3n) is 5.58. The summed E-state index contributed by atoms with van der Waals surface area (Å²) in [5, 5.41) is 7.16. The van der Waals surface area contributed by atoms with Crippen LogP contribution in [-0.4, -0.2) is 40.6 Å². The van der Waals surface area contributed by atoms with Crippen molar-refractivity contribution in [2.75, 3.05) is 25.0 Å². The minimum atomic E-state index is -0.00258. The van der Waals surface area contributed by atoms with E-state index in [9.17, 15) is 4.79 Å². The second kappa shape index (κ2) is 9.75. The number of aromatic nitrogens is 2. The van der Waals surface area contributed by atoms with Gasteiger partial charge in [-0.3, -0.25) is 9.69 Å². The number of benzene rings is 2. The number of anilines is 1. The first-order chi connectivity index (χ1) is 15.1. The van der Waals surface area contributed by atoms with Gasteiger partial charge in [0.25, 0.3) is 0 Å². The van der Waals surface area contributed by atoms with Crippen LogP contribution in [0.1, 0.15) is 31.2 Å². The smallest absolute Gasteiger partial charge is 0.241 e. The molecule has 1 aromatic heterocycles. The molecule has 2 aromatic carbocycles. The number of carbonyl (C=O) groups is 1. The van der Waals surface area contributed by atoms with Gasteiger partial charge in [-0.05, 0) is 57.5 Å². The molecule has 7 heteroatoms. The minimum Gasteiger partial charge on any atom is -0.494 e. The van der Waals surface area contributed by atoms with Crippen LogP contribution in [-0.2, 0) is 11.3 Å². The number of rotatable bonds is 7. The first-order valence-corrected chi connectivity index (χ1v) is 10.8. The number of nitrogens with one attached hydrogen (secondary N) is 1. The summed E-state index contributed by atoms with van der Waals surface area (Å²) >= 11 is 0. The number of ether oxygens (including phenoxy) is 1. The highest BCUT2D eigenvalue weighted by atomic mass is 16.5. The van der Waals surface area contributed by atoms with Crippen LogP contribution in [0.15, 0.2) is 53.1 Å². The molecule has 1 aliphatic rings. The molecule has 4 rings (SSSR count). The Hall–Kier alpha value is -3.19. The third-order valence-corrected chi connectivity index (χ3v) is 5.58. The predicted molar refractivity (Wildman–Crippen MR) is 119 cm³/mol. The second-order valence-corrected chi connectivity index (χ2v) is 7.83. The highest BCUT2D eigenvalue weighted by molar-refractivity contribution is 5.92. The molecule has 0 bridgehead atoms. The fraction of sp³-hybridized carbons (Fsp3) is 0.375. The van der Waals surface area contributed by atoms with E-state index in [1.54, 1.807) is 0 Å². The van der Waals surface area contributed by atoms with Crippen molar-refractivity contribution in [2.45, 2.75) is 33.2 Å². The summed E-state index contributed by atoms with van der Waals surface area (Å²) in [5.74, 6) is 2.05. The molecule has 0 saturated carbocycles. The fourth-order valence-corrected chi connectivity index (χ4v) is 3.87. The lowest BCUT2D eigenvalue weighted by molar-refractivity contribution is -0.121. The van der Waals surface area contributed by atoms with Crippen molar-refractivity contribution in [1.29, 1.82) is 0 Å². The number of hydrogen-bond acceptors (Lipinski definition) is 6. The van der Waals surface area contributed by atoms with E-state index in [-0.39, 0.29) is 11.8 Å². The Morgan fingerprint density at radius 2 is 2.00 bits per heavy atom. The van der Waals surface area contributed by atoms with Crippen LogP contribution >= 0.6 is 0 Å². The summed E-state index contributed by atoms with van der Waals surface area (Å²) in [4.78, 5) is 19.5. The standard InChI is InChI=1S/C24H28N4O3/c1-3-30-20-9-6-8-19(15-20)25-24(29)18-11-13-28(14-12-18)16-22-26-23(27-31-22)21-10-5-4-7-17(21)2/h4-10,15,18H,3,11-14,16H2,1-2H3,(H,25,29). The predicted octanol–water partition coefficient (Wildman–Crippen LogP) is 4.29. The molecule has 0 atom stereocenters. The Kier molecular flexibility index (Phi) is 6.62. The Morgan fingerprint density at radius 1 is 1.19 bits per heavy atom. The maximum absolute atomic E-state index is 12.7. The highest BCUT2D eigenvalue weighted by Crippen LogP contribution is 2.24. The molecule has 0 unspecified atom stereocenters. The maximum atomic E-state index is 12.7. The first-order valence-electron chi connectivity index (χ1n) is 10.8. The minimum absolute atomic E-state index is 0.00258. The van der Waals surface area contributed by atoms with E-state index >= 15 is 0 Å². The quantitative estimate of drug-likeness (QED) is 0.614. The Bertz CT molecular complexity index is 1020. The lowest BCUT2D eigenvalue weighted by Crippen LogP contribution is -2.37. The Morgan fingerprint density at radius 3 is 2.77 bits per heavy atom. The molecular weight excluding hydrogens is 392 g/mol. The number of likely N-dealkylation sites (tertiary alicyclic amines) is 1. The number of amides is 1. The van der Waals surface area contributed by atoms with E-state index in [1.807, 2.05) is 62.4 Å². The van der Waals surface area contributed by atoms with Gasteiger partial charge < -0.3 is 14.6 Å². The van der Waals surface area contributed by atoms with Crippen LogP contribution in [0, 0.1) is 12.8 Å². The number of nitrogens with zero attached hydrogens (tertiary/aromatic N) is 3. The summed E-state index contributed by atoms with van der Waals surface area (Å²) in [6.07, 6.45) is 1.60. The van der Waals surface area contributed by atoms with Crippen LogP contribution in [0.25, 0.3) is 11.4 Å². The van der Waals surface area contributed by atoms with Gasteiger partial charge in [0, 0.05) is 23.2 Å². The van der Waals surface area contributed by atoms with Gasteiger partial charge in [-0.1, -0.05) is 35.5 Å². The monoisotopic (exact) mass is 420 g/mol. The zero-order chi connectivity index (χ0) is 21.6. The molecule has 2 heterocycles. The lowest BCUT2D eigenvalue weighted by atomic mass is 9.96. The number of piperidine rings is 1. The summed E-state index contributed by atoms with van der Waals surface area (Å²) in [5.41, 5.74) is 2.88. The van der Waals surface area contributed by atoms with Crippen LogP contribution in [0.2, 0.25) is 0 Å². The topological polar surface area (TPSA) is 80.5 Å². The number of aryl methyl sites for hydroxylation is 1. The Balaban J connectivity index is 1.29. The SMILES string of the molecule is CCOc1cccc(NC(=O)C2CCN(Cc3nc(-c4ccccc4C)no3)CC2)c1. The molecule has 0 aliphatic carbocycles. The summed E-state index contributed by atoms with van der Waals surface area (Å²) in [6.45, 7) is 6.81. The van der Waals surface area contributed by atoms with Gasteiger partial charge >= 0.3 is 0 Å². The zero-order valence-electron chi connectivity index (χ0n) is 18.0. The van der Waals surface area contributed by atoms with Crippen molar-refractivity contribution >= 4 is 11.6 Å². The molecule has 0 spiro atoms. The average molecular weight is 421 g/mol. The van der Waals surface area contributed by atoms with Gasteiger partial charge in [0.2, 0.25) is 17.6 Å². The molecule has 162 valence electrons. The van der Waals surface area contributed by atoms with Crippen molar-refractivity contribution < 1.29 is 14.1 Å². The largest absolute Gasteiger partial charge is 0.494 e. The summed E-state index contributed by atoms with van der Waals surface area (Å²) < 4.78 is 11.0. The summed E-state index contributed by atoms with van der Waals surface area (Å²) in [7, 11) is 0. The van der Waals surface area contributed by atoms with Crippen LogP contribution in [0.4, 0.5) is 5.69 Å². The zero-order valence-corrected chi connectivity index (χ0v) is 18.0. The maximum Gasteiger partial charge on any atom is 0.241 e. The van der Waals surface area contributed by atoms with Crippen LogP contribution < -0.4 is 10.1 Å². The van der Waals surface area contributed by atoms with Gasteiger partial charge in [0.15, 0.2) is 0 Å². The normalized spacial score (nSPS) is 15.0. The summed E-state index contributed by atoms with van der Waals surface area (Å²) in [6, 6.07) is 15.5. The molecule has 1 amide bonds. The number of carbonyl (C=O) groups excluding carboxylic acids is 1. The molecule has 1 N–H and O–H groups in total. The van der Waals surface area contributed by atoms with Crippen LogP contribution in [0.5, 0.6) is 5.75 Å². The van der Waals surface area contributed by atoms with Gasteiger partial charge in [0.05, 0.1) is 13.2 Å². The van der Waals surface area contributed by atoms with E-state index in [1.165, 1.54) is 0 Å². The molecule has 7 nitrogen and oxygen atoms in total. The first kappa shape index (κ1) is 21.1. The molecule has 0 radical (unpaired) electrons. The molecule has 1 aliphatic heterocycles. The molecular formula is C24H28N4O3. The van der Waals surface area contributed by atoms with Gasteiger partial charge in [-0.25, -0.2) is 0 Å². The van der Waals surface area contributed by atoms with Crippen molar-refractivity contribution in [2.24, 2.45) is 5.92 Å². The second-order valence-electron chi connectivity index (χ2n) is 7.83. The van der Waals surface area contributed by atoms with Crippen molar-refractivity contribution in [1.82, 2.24) is 15.0 Å². The molecule has 31 heavy (non-hydrogen) atoms. The average Bonchev–Trinajstić information content (AvgIpc) is 3.23. The molecule has 1 saturated heterocycles. The molecule has 1 fully saturated rings. The van der Waals surface area contributed by atoms with Crippen LogP contribution in [0.3, 0.4) is 0 Å². The van der Waals surface area contributed by atoms with E-state index in [2.05, 4.69) is 20.4 Å². The van der Waals surface area contributed by atoms with E-state index < -0.39 is 0 Å².